The van der Waals surface area contributed by atoms with E-state index in [2.05, 4.69) is 5.32 Å². The number of rotatable bonds is 6. The van der Waals surface area contributed by atoms with Crippen LogP contribution in [-0.2, 0) is 9.84 Å². The fourth-order valence-electron chi connectivity index (χ4n) is 1.57. The van der Waals surface area contributed by atoms with E-state index < -0.39 is 15.7 Å². The van der Waals surface area contributed by atoms with E-state index in [1.807, 2.05) is 0 Å². The number of nitrogens with one attached hydrogen (secondary N) is 1. The molecule has 1 aromatic carbocycles. The lowest BCUT2D eigenvalue weighted by Gasteiger charge is -2.15. The molecule has 1 rings (SSSR count). The summed E-state index contributed by atoms with van der Waals surface area (Å²) in [7, 11) is -3.00. The van der Waals surface area contributed by atoms with E-state index in [1.54, 1.807) is 13.8 Å². The van der Waals surface area contributed by atoms with Gasteiger partial charge in [-0.15, -0.1) is 0 Å². The Balaban J connectivity index is 2.58. The monoisotopic (exact) mass is 275 g/mol. The van der Waals surface area contributed by atoms with E-state index in [1.165, 1.54) is 12.1 Å². The number of hydrogen-bond donors (Lipinski definition) is 2. The predicted octanol–water partition coefficient (Wildman–Crippen LogP) is 1.62. The van der Waals surface area contributed by atoms with Crippen LogP contribution in [-0.4, -0.2) is 31.6 Å². The number of phenolic OH excluding ortho intramolecular Hbond substituents is 1. The molecule has 0 spiro atoms. The van der Waals surface area contributed by atoms with Crippen molar-refractivity contribution in [1.29, 1.82) is 0 Å². The molecule has 0 aromatic heterocycles. The maximum atomic E-state index is 12.8. The molecule has 1 aromatic rings. The molecule has 2 N–H and O–H groups in total. The molecule has 0 aliphatic heterocycles. The van der Waals surface area contributed by atoms with Crippen LogP contribution in [0.5, 0.6) is 5.75 Å². The topological polar surface area (TPSA) is 66.4 Å². The quantitative estimate of drug-likeness (QED) is 0.828. The number of phenols is 1. The summed E-state index contributed by atoms with van der Waals surface area (Å²) in [6.07, 6.45) is 0. The summed E-state index contributed by atoms with van der Waals surface area (Å²) in [4.78, 5) is 0. The fraction of sp³-hybridized carbons (Fsp3) is 0.500. The normalized spacial score (nSPS) is 13.5. The first-order valence-electron chi connectivity index (χ1n) is 5.78. The average Bonchev–Trinajstić information content (AvgIpc) is 2.28. The molecule has 0 radical (unpaired) electrons. The van der Waals surface area contributed by atoms with Crippen LogP contribution >= 0.6 is 0 Å². The first kappa shape index (κ1) is 14.9. The van der Waals surface area contributed by atoms with Crippen LogP contribution in [0.3, 0.4) is 0 Å². The van der Waals surface area contributed by atoms with Crippen LogP contribution in [0.2, 0.25) is 0 Å². The summed E-state index contributed by atoms with van der Waals surface area (Å²) in [6, 6.07) is 3.54. The molecular weight excluding hydrogens is 257 g/mol. The van der Waals surface area contributed by atoms with Gasteiger partial charge in [-0.05, 0) is 13.0 Å². The van der Waals surface area contributed by atoms with Crippen molar-refractivity contribution in [2.24, 2.45) is 0 Å². The van der Waals surface area contributed by atoms with Crippen molar-refractivity contribution < 1.29 is 17.9 Å². The third-order valence-electron chi connectivity index (χ3n) is 2.76. The van der Waals surface area contributed by atoms with Crippen molar-refractivity contribution in [1.82, 2.24) is 5.32 Å². The minimum atomic E-state index is -3.00. The maximum absolute atomic E-state index is 12.8. The Morgan fingerprint density at radius 1 is 1.44 bits per heavy atom. The molecule has 4 nitrogen and oxygen atoms in total. The molecule has 0 saturated carbocycles. The standard InChI is InChI=1S/C12H18FNO3S/c1-3-18(16,17)7-6-14-9(2)11-5-4-10(13)8-12(11)15/h4-5,8-9,14-15H,3,6-7H2,1-2H3. The molecule has 6 heteroatoms. The molecule has 0 amide bonds. The number of halogens is 1. The van der Waals surface area contributed by atoms with Crippen LogP contribution in [0.1, 0.15) is 25.5 Å². The molecule has 0 aliphatic carbocycles. The Hall–Kier alpha value is -1.14. The SMILES string of the molecule is CCS(=O)(=O)CCNC(C)c1ccc(F)cc1O. The van der Waals surface area contributed by atoms with Crippen molar-refractivity contribution in [3.05, 3.63) is 29.6 Å². The van der Waals surface area contributed by atoms with Crippen molar-refractivity contribution in [3.8, 4) is 5.75 Å². The van der Waals surface area contributed by atoms with Crippen LogP contribution in [0.25, 0.3) is 0 Å². The Bertz CT molecular complexity index is 502. The second-order valence-electron chi connectivity index (χ2n) is 4.12. The van der Waals surface area contributed by atoms with Gasteiger partial charge in [0.15, 0.2) is 9.84 Å². The third-order valence-corrected chi connectivity index (χ3v) is 4.47. The molecule has 0 heterocycles. The van der Waals surface area contributed by atoms with Gasteiger partial charge in [-0.1, -0.05) is 13.0 Å². The largest absolute Gasteiger partial charge is 0.508 e. The lowest BCUT2D eigenvalue weighted by molar-refractivity contribution is 0.449. The van der Waals surface area contributed by atoms with E-state index in [0.29, 0.717) is 12.1 Å². The third kappa shape index (κ3) is 4.27. The van der Waals surface area contributed by atoms with Crippen LogP contribution in [0.4, 0.5) is 4.39 Å². The zero-order valence-electron chi connectivity index (χ0n) is 10.5. The summed E-state index contributed by atoms with van der Waals surface area (Å²) in [6.45, 7) is 3.68. The second kappa shape index (κ2) is 6.15. The Morgan fingerprint density at radius 2 is 2.11 bits per heavy atom. The minimum Gasteiger partial charge on any atom is -0.508 e. The van der Waals surface area contributed by atoms with E-state index in [-0.39, 0.29) is 23.3 Å². The summed E-state index contributed by atoms with van der Waals surface area (Å²) < 4.78 is 35.4. The van der Waals surface area contributed by atoms with Gasteiger partial charge in [-0.25, -0.2) is 12.8 Å². The summed E-state index contributed by atoms with van der Waals surface area (Å²) in [5, 5.41) is 12.6. The highest BCUT2D eigenvalue weighted by Gasteiger charge is 2.12. The van der Waals surface area contributed by atoms with Gasteiger partial charge in [0, 0.05) is 30.0 Å². The van der Waals surface area contributed by atoms with E-state index in [0.717, 1.165) is 6.07 Å². The van der Waals surface area contributed by atoms with Crippen molar-refractivity contribution in [3.63, 3.8) is 0 Å². The van der Waals surface area contributed by atoms with E-state index in [9.17, 15) is 17.9 Å². The maximum Gasteiger partial charge on any atom is 0.151 e. The van der Waals surface area contributed by atoms with Gasteiger partial charge >= 0.3 is 0 Å². The molecule has 0 saturated heterocycles. The predicted molar refractivity (Wildman–Crippen MR) is 68.8 cm³/mol. The first-order chi connectivity index (χ1) is 8.35. The molecule has 1 unspecified atom stereocenters. The molecule has 102 valence electrons. The molecule has 0 fully saturated rings. The lowest BCUT2D eigenvalue weighted by atomic mass is 10.1. The zero-order valence-corrected chi connectivity index (χ0v) is 11.3. The molecule has 0 bridgehead atoms. The number of benzene rings is 1. The van der Waals surface area contributed by atoms with Gasteiger partial charge in [0.05, 0.1) is 5.75 Å². The Labute approximate surface area is 107 Å². The summed E-state index contributed by atoms with van der Waals surface area (Å²) >= 11 is 0. The zero-order chi connectivity index (χ0) is 13.8. The fourth-order valence-corrected chi connectivity index (χ4v) is 2.29. The number of aromatic hydroxyl groups is 1. The van der Waals surface area contributed by atoms with Gasteiger partial charge in [0.25, 0.3) is 0 Å². The highest BCUT2D eigenvalue weighted by Crippen LogP contribution is 2.24. The van der Waals surface area contributed by atoms with E-state index >= 15 is 0 Å². The van der Waals surface area contributed by atoms with Crippen LogP contribution < -0.4 is 5.32 Å². The van der Waals surface area contributed by atoms with Crippen molar-refractivity contribution in [2.75, 3.05) is 18.1 Å². The van der Waals surface area contributed by atoms with Crippen LogP contribution in [0, 0.1) is 5.82 Å². The first-order valence-corrected chi connectivity index (χ1v) is 7.60. The average molecular weight is 275 g/mol. The van der Waals surface area contributed by atoms with Crippen molar-refractivity contribution >= 4 is 9.84 Å². The Morgan fingerprint density at radius 3 is 2.67 bits per heavy atom. The number of hydrogen-bond acceptors (Lipinski definition) is 4. The minimum absolute atomic E-state index is 0.0514. The Kier molecular flexibility index (Phi) is 5.10. The lowest BCUT2D eigenvalue weighted by Crippen LogP contribution is -2.26. The molecule has 18 heavy (non-hydrogen) atoms. The highest BCUT2D eigenvalue weighted by molar-refractivity contribution is 7.91. The van der Waals surface area contributed by atoms with Gasteiger partial charge in [0.2, 0.25) is 0 Å². The molecule has 0 aliphatic rings. The van der Waals surface area contributed by atoms with Crippen molar-refractivity contribution in [2.45, 2.75) is 19.9 Å². The highest BCUT2D eigenvalue weighted by atomic mass is 32.2. The van der Waals surface area contributed by atoms with Gasteiger partial charge in [-0.2, -0.15) is 0 Å². The van der Waals surface area contributed by atoms with Gasteiger partial charge in [0.1, 0.15) is 11.6 Å². The summed E-state index contributed by atoms with van der Waals surface area (Å²) in [5.41, 5.74) is 0.547. The van der Waals surface area contributed by atoms with E-state index in [4.69, 9.17) is 0 Å². The van der Waals surface area contributed by atoms with Gasteiger partial charge < -0.3 is 10.4 Å². The molecule has 1 atom stereocenters. The second-order valence-corrected chi connectivity index (χ2v) is 6.59. The van der Waals surface area contributed by atoms with Gasteiger partial charge in [-0.3, -0.25) is 0 Å². The molecular formula is C12H18FNO3S. The van der Waals surface area contributed by atoms with Crippen LogP contribution in [0.15, 0.2) is 18.2 Å². The smallest absolute Gasteiger partial charge is 0.151 e. The number of sulfone groups is 1. The summed E-state index contributed by atoms with van der Waals surface area (Å²) in [5.74, 6) is -0.467.